The predicted octanol–water partition coefficient (Wildman–Crippen LogP) is -1.43. The van der Waals surface area contributed by atoms with E-state index in [1.807, 2.05) is 9.80 Å². The molecule has 5 heteroatoms. The molecule has 0 aliphatic carbocycles. The van der Waals surface area contributed by atoms with E-state index in [0.29, 0.717) is 13.1 Å². The lowest BCUT2D eigenvalue weighted by Gasteiger charge is -2.21. The van der Waals surface area contributed by atoms with Crippen LogP contribution in [0.25, 0.3) is 0 Å². The molecule has 5 nitrogen and oxygen atoms in total. The Labute approximate surface area is 78.3 Å². The van der Waals surface area contributed by atoms with Gasteiger partial charge in [-0.25, -0.2) is 0 Å². The van der Waals surface area contributed by atoms with Crippen molar-refractivity contribution >= 4 is 5.96 Å². The second-order valence-electron chi connectivity index (χ2n) is 2.94. The lowest BCUT2D eigenvalue weighted by atomic mass is 10.5. The van der Waals surface area contributed by atoms with Crippen molar-refractivity contribution < 1.29 is 10.2 Å². The molecular formula is C8H17N3O2. The summed E-state index contributed by atoms with van der Waals surface area (Å²) in [5.74, 6) is 0.878. The maximum Gasteiger partial charge on any atom is 0.196 e. The van der Waals surface area contributed by atoms with Gasteiger partial charge in [0.25, 0.3) is 0 Å². The molecule has 0 aromatic carbocycles. The fourth-order valence-corrected chi connectivity index (χ4v) is 1.59. The Kier molecular flexibility index (Phi) is 3.98. The van der Waals surface area contributed by atoms with E-state index in [-0.39, 0.29) is 13.2 Å². The zero-order valence-electron chi connectivity index (χ0n) is 7.98. The van der Waals surface area contributed by atoms with Crippen molar-refractivity contribution in [2.45, 2.75) is 0 Å². The molecule has 1 heterocycles. The second kappa shape index (κ2) is 5.04. The molecule has 1 saturated heterocycles. The van der Waals surface area contributed by atoms with E-state index < -0.39 is 0 Å². The molecule has 76 valence electrons. The van der Waals surface area contributed by atoms with Gasteiger partial charge in [-0.1, -0.05) is 0 Å². The van der Waals surface area contributed by atoms with E-state index in [1.54, 1.807) is 7.05 Å². The largest absolute Gasteiger partial charge is 0.395 e. The number of aliphatic hydroxyl groups excluding tert-OH is 2. The average Bonchev–Trinajstić information content (AvgIpc) is 2.49. The van der Waals surface area contributed by atoms with Gasteiger partial charge in [0, 0.05) is 33.2 Å². The van der Waals surface area contributed by atoms with Crippen LogP contribution < -0.4 is 0 Å². The summed E-state index contributed by atoms with van der Waals surface area (Å²) < 4.78 is 0. The molecule has 1 aliphatic heterocycles. The molecule has 0 amide bonds. The van der Waals surface area contributed by atoms with Gasteiger partial charge >= 0.3 is 0 Å². The molecule has 0 bridgehead atoms. The summed E-state index contributed by atoms with van der Waals surface area (Å²) in [6.07, 6.45) is 0. The van der Waals surface area contributed by atoms with Crippen molar-refractivity contribution in [2.24, 2.45) is 4.99 Å². The first-order valence-electron chi connectivity index (χ1n) is 4.52. The SMILES string of the molecule is CN=C1N(CCO)CCN1CCO. The van der Waals surface area contributed by atoms with Crippen LogP contribution in [0.1, 0.15) is 0 Å². The van der Waals surface area contributed by atoms with Crippen molar-refractivity contribution in [3.05, 3.63) is 0 Å². The van der Waals surface area contributed by atoms with Crippen molar-refractivity contribution in [1.82, 2.24) is 9.80 Å². The molecule has 0 saturated carbocycles. The molecule has 0 aromatic heterocycles. The highest BCUT2D eigenvalue weighted by Crippen LogP contribution is 2.07. The highest BCUT2D eigenvalue weighted by Gasteiger charge is 2.24. The van der Waals surface area contributed by atoms with Gasteiger partial charge in [0.15, 0.2) is 5.96 Å². The van der Waals surface area contributed by atoms with Crippen LogP contribution in [0.5, 0.6) is 0 Å². The molecule has 13 heavy (non-hydrogen) atoms. The Morgan fingerprint density at radius 1 is 1.15 bits per heavy atom. The van der Waals surface area contributed by atoms with Crippen LogP contribution in [-0.4, -0.2) is 72.4 Å². The highest BCUT2D eigenvalue weighted by molar-refractivity contribution is 5.81. The van der Waals surface area contributed by atoms with Gasteiger partial charge < -0.3 is 20.0 Å². The normalized spacial score (nSPS) is 17.0. The Balaban J connectivity index is 2.53. The highest BCUT2D eigenvalue weighted by atomic mass is 16.3. The van der Waals surface area contributed by atoms with Gasteiger partial charge in [-0.15, -0.1) is 0 Å². The van der Waals surface area contributed by atoms with Crippen molar-refractivity contribution in [2.75, 3.05) is 46.4 Å². The third kappa shape index (κ3) is 2.32. The first-order valence-corrected chi connectivity index (χ1v) is 4.52. The van der Waals surface area contributed by atoms with E-state index in [2.05, 4.69) is 4.99 Å². The summed E-state index contributed by atoms with van der Waals surface area (Å²) in [5, 5.41) is 17.6. The van der Waals surface area contributed by atoms with Crippen LogP contribution in [0.2, 0.25) is 0 Å². The van der Waals surface area contributed by atoms with Crippen LogP contribution in [0.3, 0.4) is 0 Å². The average molecular weight is 187 g/mol. The minimum Gasteiger partial charge on any atom is -0.395 e. The van der Waals surface area contributed by atoms with Gasteiger partial charge in [-0.05, 0) is 0 Å². The molecule has 2 N–H and O–H groups in total. The molecule has 0 spiro atoms. The van der Waals surface area contributed by atoms with Crippen molar-refractivity contribution in [3.8, 4) is 0 Å². The summed E-state index contributed by atoms with van der Waals surface area (Å²) >= 11 is 0. The minimum atomic E-state index is 0.145. The van der Waals surface area contributed by atoms with Crippen LogP contribution in [0.4, 0.5) is 0 Å². The first kappa shape index (κ1) is 10.3. The van der Waals surface area contributed by atoms with Crippen LogP contribution in [0.15, 0.2) is 4.99 Å². The summed E-state index contributed by atoms with van der Waals surface area (Å²) in [5.41, 5.74) is 0. The maximum atomic E-state index is 8.79. The molecule has 1 aliphatic rings. The van der Waals surface area contributed by atoms with Crippen molar-refractivity contribution in [1.29, 1.82) is 0 Å². The monoisotopic (exact) mass is 187 g/mol. The number of β-amino-alcohol motifs (C(OH)–C–C–N with tert-alkyl or cyclic N) is 2. The minimum absolute atomic E-state index is 0.145. The molecule has 1 rings (SSSR count). The van der Waals surface area contributed by atoms with Crippen LogP contribution >= 0.6 is 0 Å². The smallest absolute Gasteiger partial charge is 0.196 e. The number of guanidine groups is 1. The molecule has 0 radical (unpaired) electrons. The Bertz CT molecular complexity index is 168. The maximum absolute atomic E-state index is 8.79. The summed E-state index contributed by atoms with van der Waals surface area (Å²) in [6, 6.07) is 0. The van der Waals surface area contributed by atoms with E-state index in [4.69, 9.17) is 10.2 Å². The Morgan fingerprint density at radius 2 is 1.62 bits per heavy atom. The molecular weight excluding hydrogens is 170 g/mol. The first-order chi connectivity index (χ1) is 6.33. The number of aliphatic hydroxyl groups is 2. The summed E-state index contributed by atoms with van der Waals surface area (Å²) in [7, 11) is 1.73. The number of hydrogen-bond donors (Lipinski definition) is 2. The Hall–Kier alpha value is -0.810. The Morgan fingerprint density at radius 3 is 1.92 bits per heavy atom. The fraction of sp³-hybridized carbons (Fsp3) is 0.875. The van der Waals surface area contributed by atoms with Gasteiger partial charge in [-0.2, -0.15) is 0 Å². The van der Waals surface area contributed by atoms with Gasteiger partial charge in [0.2, 0.25) is 0 Å². The molecule has 0 unspecified atom stereocenters. The third-order valence-corrected chi connectivity index (χ3v) is 2.15. The quantitative estimate of drug-likeness (QED) is 0.567. The van der Waals surface area contributed by atoms with E-state index in [9.17, 15) is 0 Å². The van der Waals surface area contributed by atoms with Gasteiger partial charge in [-0.3, -0.25) is 4.99 Å². The van der Waals surface area contributed by atoms with Gasteiger partial charge in [0.1, 0.15) is 0 Å². The number of rotatable bonds is 4. The van der Waals surface area contributed by atoms with Gasteiger partial charge in [0.05, 0.1) is 13.2 Å². The lowest BCUT2D eigenvalue weighted by Crippen LogP contribution is -2.36. The molecule has 0 aromatic rings. The zero-order valence-corrected chi connectivity index (χ0v) is 7.98. The molecule has 1 fully saturated rings. The number of hydrogen-bond acceptors (Lipinski definition) is 3. The second-order valence-corrected chi connectivity index (χ2v) is 2.94. The standard InChI is InChI=1S/C8H17N3O2/c1-9-8-10(4-6-12)2-3-11(8)5-7-13/h12-13H,2-7H2,1H3. The number of aliphatic imine (C=N–C) groups is 1. The third-order valence-electron chi connectivity index (χ3n) is 2.15. The van der Waals surface area contributed by atoms with Crippen molar-refractivity contribution in [3.63, 3.8) is 0 Å². The summed E-state index contributed by atoms with van der Waals surface area (Å²) in [6.45, 7) is 3.29. The van der Waals surface area contributed by atoms with E-state index in [1.165, 1.54) is 0 Å². The zero-order chi connectivity index (χ0) is 9.68. The number of nitrogens with zero attached hydrogens (tertiary/aromatic N) is 3. The summed E-state index contributed by atoms with van der Waals surface area (Å²) in [4.78, 5) is 8.18. The molecule has 0 atom stereocenters. The predicted molar refractivity (Wildman–Crippen MR) is 50.7 cm³/mol. The van der Waals surface area contributed by atoms with Crippen LogP contribution in [-0.2, 0) is 0 Å². The van der Waals surface area contributed by atoms with Crippen LogP contribution in [0, 0.1) is 0 Å². The van der Waals surface area contributed by atoms with E-state index in [0.717, 1.165) is 19.0 Å². The van der Waals surface area contributed by atoms with E-state index >= 15 is 0 Å². The topological polar surface area (TPSA) is 59.3 Å². The lowest BCUT2D eigenvalue weighted by molar-refractivity contribution is 0.253. The fourth-order valence-electron chi connectivity index (χ4n) is 1.59.